The second-order valence-electron chi connectivity index (χ2n) is 20.0. The summed E-state index contributed by atoms with van der Waals surface area (Å²) in [5, 5.41) is 0.902. The summed E-state index contributed by atoms with van der Waals surface area (Å²) in [5.41, 5.74) is 11.8. The molecule has 1 aliphatic carbocycles. The van der Waals surface area contributed by atoms with E-state index in [1.54, 1.807) is 0 Å². The number of ether oxygens (including phenoxy) is 4. The van der Waals surface area contributed by atoms with Crippen molar-refractivity contribution in [3.05, 3.63) is 104 Å². The monoisotopic (exact) mass is 836 g/mol. The highest BCUT2D eigenvalue weighted by atomic mass is 32.2. The van der Waals surface area contributed by atoms with Gasteiger partial charge in [-0.05, 0) is 146 Å². The molecule has 4 aromatic carbocycles. The molecule has 1 fully saturated rings. The highest BCUT2D eigenvalue weighted by Gasteiger charge is 2.35. The molecule has 4 aromatic rings. The van der Waals surface area contributed by atoms with E-state index in [0.717, 1.165) is 45.6 Å². The molecule has 320 valence electrons. The minimum absolute atomic E-state index is 0.121. The Balaban J connectivity index is 1.61. The highest BCUT2D eigenvalue weighted by molar-refractivity contribution is 8.17. The van der Waals surface area contributed by atoms with Gasteiger partial charge in [-0.1, -0.05) is 91.1 Å². The molecule has 0 saturated heterocycles. The SMILES string of the molecule is C=S1Cc2cc(C(C)(C)C)cc(Oc3cc(C)c(C)c(C)c3)c2OC(C)(C)Oc2c(cc(C(C)(C)C)cc2Oc2cc(C)c(C)c(C)c2)CS(=C)C2CCCCCCC21. The third kappa shape index (κ3) is 10.5. The van der Waals surface area contributed by atoms with Crippen LogP contribution in [-0.2, 0) is 22.3 Å². The largest absolute Gasteiger partial charge is 0.453 e. The van der Waals surface area contributed by atoms with E-state index in [2.05, 4.69) is 132 Å². The Hall–Kier alpha value is -3.48. The summed E-state index contributed by atoms with van der Waals surface area (Å²) in [6.07, 6.45) is 7.38. The van der Waals surface area contributed by atoms with Crippen LogP contribution in [0.5, 0.6) is 34.5 Å². The zero-order valence-electron chi connectivity index (χ0n) is 38.8. The van der Waals surface area contributed by atoms with Gasteiger partial charge in [0.2, 0.25) is 5.79 Å². The summed E-state index contributed by atoms with van der Waals surface area (Å²) < 4.78 is 28.6. The second kappa shape index (κ2) is 17.5. The Morgan fingerprint density at radius 2 is 0.881 bits per heavy atom. The number of rotatable bonds is 4. The van der Waals surface area contributed by atoms with Crippen molar-refractivity contribution in [2.75, 3.05) is 0 Å². The molecule has 0 amide bonds. The predicted octanol–water partition coefficient (Wildman–Crippen LogP) is 15.4. The number of fused-ring (bicyclic) bond motifs is 3. The van der Waals surface area contributed by atoms with E-state index < -0.39 is 5.79 Å². The van der Waals surface area contributed by atoms with Gasteiger partial charge in [0, 0.05) is 47.0 Å². The molecule has 0 radical (unpaired) electrons. The lowest BCUT2D eigenvalue weighted by Crippen LogP contribution is -2.36. The van der Waals surface area contributed by atoms with E-state index in [-0.39, 0.29) is 31.8 Å². The molecule has 0 bridgehead atoms. The van der Waals surface area contributed by atoms with Crippen LogP contribution in [0.2, 0.25) is 0 Å². The van der Waals surface area contributed by atoms with Gasteiger partial charge >= 0.3 is 0 Å². The zero-order valence-corrected chi connectivity index (χ0v) is 40.4. The quantitative estimate of drug-likeness (QED) is 0.192. The first-order chi connectivity index (χ1) is 27.5. The molecular weight excluding hydrogens is 765 g/mol. The number of aryl methyl sites for hydroxylation is 4. The van der Waals surface area contributed by atoms with Crippen LogP contribution in [0.3, 0.4) is 0 Å². The average molecular weight is 837 g/mol. The van der Waals surface area contributed by atoms with E-state index >= 15 is 0 Å². The summed E-state index contributed by atoms with van der Waals surface area (Å²) in [4.78, 5) is 0. The van der Waals surface area contributed by atoms with Crippen LogP contribution in [0.1, 0.15) is 150 Å². The first-order valence-electron chi connectivity index (χ1n) is 21.7. The van der Waals surface area contributed by atoms with Gasteiger partial charge in [-0.25, -0.2) is 0 Å². The fraction of sp³-hybridized carbons (Fsp3) is 0.509. The van der Waals surface area contributed by atoms with E-state index in [1.165, 1.54) is 83.0 Å². The molecule has 2 aliphatic rings. The lowest BCUT2D eigenvalue weighted by atomic mass is 9.86. The van der Waals surface area contributed by atoms with Gasteiger partial charge < -0.3 is 18.9 Å². The molecule has 6 rings (SSSR count). The maximum Gasteiger partial charge on any atom is 0.246 e. The van der Waals surface area contributed by atoms with Crippen LogP contribution in [0.15, 0.2) is 48.5 Å². The van der Waals surface area contributed by atoms with Crippen molar-refractivity contribution in [1.29, 1.82) is 0 Å². The van der Waals surface area contributed by atoms with Crippen LogP contribution < -0.4 is 18.9 Å². The van der Waals surface area contributed by atoms with Crippen molar-refractivity contribution in [1.82, 2.24) is 0 Å². The lowest BCUT2D eigenvalue weighted by molar-refractivity contribution is -0.0838. The molecule has 4 atom stereocenters. The summed E-state index contributed by atoms with van der Waals surface area (Å²) in [6.45, 7) is 30.6. The van der Waals surface area contributed by atoms with Gasteiger partial charge in [0.25, 0.3) is 0 Å². The van der Waals surface area contributed by atoms with E-state index in [4.69, 9.17) is 30.7 Å². The fourth-order valence-corrected chi connectivity index (χ4v) is 13.2. The molecular formula is C53H72O4S2. The van der Waals surface area contributed by atoms with E-state index in [1.807, 2.05) is 13.8 Å². The van der Waals surface area contributed by atoms with Gasteiger partial charge in [-0.3, -0.25) is 0 Å². The fourth-order valence-electron chi connectivity index (χ4n) is 8.45. The molecule has 4 nitrogen and oxygen atoms in total. The standard InChI is InChI=1S/C53H72O4S2/c1-33-23-43(24-34(2)37(33)5)54-45-29-41(51(7,8)9)27-39-31-58(15)47-21-19-17-18-20-22-48(47)59(16)32-40-28-42(52(10,11)12)30-46(50(40)57-53(13,14)56-49(39)45)55-44-25-35(3)38(6)36(4)26-44/h23-30,47-48H,15-22,31-32H2,1-14H3. The third-order valence-corrected chi connectivity index (χ3v) is 17.0. The van der Waals surface area contributed by atoms with Crippen molar-refractivity contribution >= 4 is 32.7 Å². The van der Waals surface area contributed by atoms with Gasteiger partial charge in [0.15, 0.2) is 23.0 Å². The first kappa shape index (κ1) is 45.1. The molecule has 0 N–H and O–H groups in total. The van der Waals surface area contributed by atoms with Gasteiger partial charge in [-0.2, -0.15) is 21.0 Å². The Morgan fingerprint density at radius 3 is 1.20 bits per heavy atom. The van der Waals surface area contributed by atoms with Crippen LogP contribution in [-0.4, -0.2) is 28.0 Å². The molecule has 6 heteroatoms. The number of benzene rings is 4. The third-order valence-electron chi connectivity index (χ3n) is 12.6. The minimum Gasteiger partial charge on any atom is -0.453 e. The Morgan fingerprint density at radius 1 is 0.542 bits per heavy atom. The number of hydrogen-bond acceptors (Lipinski definition) is 4. The van der Waals surface area contributed by atoms with Crippen LogP contribution in [0.4, 0.5) is 0 Å². The zero-order chi connectivity index (χ0) is 43.2. The summed E-state index contributed by atoms with van der Waals surface area (Å²) >= 11 is 0. The smallest absolute Gasteiger partial charge is 0.246 e. The molecule has 0 aromatic heterocycles. The van der Waals surface area contributed by atoms with Gasteiger partial charge in [0.05, 0.1) is 0 Å². The van der Waals surface area contributed by atoms with Gasteiger partial charge in [0.1, 0.15) is 11.5 Å². The lowest BCUT2D eigenvalue weighted by Gasteiger charge is -2.34. The molecule has 1 heterocycles. The van der Waals surface area contributed by atoms with E-state index in [9.17, 15) is 0 Å². The second-order valence-corrected chi connectivity index (χ2v) is 24.0. The minimum atomic E-state index is -1.13. The molecule has 4 unspecified atom stereocenters. The van der Waals surface area contributed by atoms with Crippen molar-refractivity contribution in [3.8, 4) is 34.5 Å². The summed E-state index contributed by atoms with van der Waals surface area (Å²) in [5.74, 6) is 15.0. The van der Waals surface area contributed by atoms with Crippen molar-refractivity contribution < 1.29 is 18.9 Å². The highest BCUT2D eigenvalue weighted by Crippen LogP contribution is 2.51. The first-order valence-corrected chi connectivity index (χ1v) is 25.0. The van der Waals surface area contributed by atoms with Crippen molar-refractivity contribution in [2.45, 2.75) is 174 Å². The predicted molar refractivity (Wildman–Crippen MR) is 259 cm³/mol. The molecule has 1 aliphatic heterocycles. The maximum atomic E-state index is 7.28. The Bertz CT molecular complexity index is 2050. The average Bonchev–Trinajstić information content (AvgIpc) is 3.10. The summed E-state index contributed by atoms with van der Waals surface area (Å²) in [6, 6.07) is 17.6. The Labute approximate surface area is 362 Å². The topological polar surface area (TPSA) is 36.9 Å². The Kier molecular flexibility index (Phi) is 13.3. The molecule has 59 heavy (non-hydrogen) atoms. The van der Waals surface area contributed by atoms with Crippen molar-refractivity contribution in [2.24, 2.45) is 0 Å². The van der Waals surface area contributed by atoms with Crippen LogP contribution >= 0.6 is 21.0 Å². The van der Waals surface area contributed by atoms with Crippen LogP contribution in [0.25, 0.3) is 0 Å². The normalized spacial score (nSPS) is 21.4. The van der Waals surface area contributed by atoms with Gasteiger partial charge in [-0.15, -0.1) is 0 Å². The maximum absolute atomic E-state index is 7.28. The molecule has 0 spiro atoms. The summed E-state index contributed by atoms with van der Waals surface area (Å²) in [7, 11) is -0.394. The molecule has 1 saturated carbocycles. The van der Waals surface area contributed by atoms with E-state index in [0.29, 0.717) is 22.0 Å². The van der Waals surface area contributed by atoms with Crippen molar-refractivity contribution in [3.63, 3.8) is 0 Å². The van der Waals surface area contributed by atoms with Crippen LogP contribution in [0, 0.1) is 41.5 Å². The number of hydrogen-bond donors (Lipinski definition) is 0.